The lowest BCUT2D eigenvalue weighted by atomic mass is 10.1. The quantitative estimate of drug-likeness (QED) is 0.839. The summed E-state index contributed by atoms with van der Waals surface area (Å²) in [6.07, 6.45) is -0.0489. The van der Waals surface area contributed by atoms with Gasteiger partial charge in [-0.1, -0.05) is 12.1 Å². The molecule has 0 aliphatic carbocycles. The fourth-order valence-electron chi connectivity index (χ4n) is 1.48. The lowest BCUT2D eigenvalue weighted by Crippen LogP contribution is -2.22. The van der Waals surface area contributed by atoms with Gasteiger partial charge in [-0.3, -0.25) is 4.79 Å². The first-order valence-corrected chi connectivity index (χ1v) is 5.66. The number of carbonyl (C=O) groups is 2. The molecular formula is C13H17NO4. The summed E-state index contributed by atoms with van der Waals surface area (Å²) in [5, 5.41) is 11.6. The molecule has 5 heteroatoms. The maximum absolute atomic E-state index is 11.6. The van der Waals surface area contributed by atoms with E-state index in [1.54, 1.807) is 25.1 Å². The zero-order chi connectivity index (χ0) is 13.7. The molecule has 0 heterocycles. The number of aryl methyl sites for hydroxylation is 1. The van der Waals surface area contributed by atoms with E-state index in [1.165, 1.54) is 0 Å². The number of carbonyl (C=O) groups excluding carboxylic acids is 1. The Kier molecular flexibility index (Phi) is 4.85. The zero-order valence-corrected chi connectivity index (χ0v) is 10.7. The van der Waals surface area contributed by atoms with Crippen LogP contribution in [0.2, 0.25) is 0 Å². The molecule has 0 radical (unpaired) electrons. The maximum atomic E-state index is 11.6. The number of hydrogen-bond acceptors (Lipinski definition) is 3. The van der Waals surface area contributed by atoms with Gasteiger partial charge in [0, 0.05) is 0 Å². The summed E-state index contributed by atoms with van der Waals surface area (Å²) in [6.45, 7) is 5.24. The maximum Gasteiger partial charge on any atom is 0.338 e. The molecule has 1 rings (SSSR count). The van der Waals surface area contributed by atoms with Gasteiger partial charge in [0.15, 0.2) is 0 Å². The molecule has 5 nitrogen and oxygen atoms in total. The summed E-state index contributed by atoms with van der Waals surface area (Å²) in [4.78, 5) is 22.7. The molecule has 1 aromatic carbocycles. The van der Waals surface area contributed by atoms with Crippen molar-refractivity contribution in [2.24, 2.45) is 0 Å². The standard InChI is InChI=1S/C13H17NO4/c1-8(2)18-7-11(15)14-10-6-4-5-9(3)12(10)13(16)17/h4-6,8H,7H2,1-3H3,(H,14,15)(H,16,17). The summed E-state index contributed by atoms with van der Waals surface area (Å²) in [7, 11) is 0. The monoisotopic (exact) mass is 251 g/mol. The van der Waals surface area contributed by atoms with E-state index in [9.17, 15) is 9.59 Å². The van der Waals surface area contributed by atoms with Crippen LogP contribution < -0.4 is 5.32 Å². The molecule has 0 aromatic heterocycles. The van der Waals surface area contributed by atoms with Gasteiger partial charge < -0.3 is 15.2 Å². The summed E-state index contributed by atoms with van der Waals surface area (Å²) in [6, 6.07) is 4.94. The first kappa shape index (κ1) is 14.2. The highest BCUT2D eigenvalue weighted by molar-refractivity contribution is 6.01. The van der Waals surface area contributed by atoms with Gasteiger partial charge in [-0.2, -0.15) is 0 Å². The molecule has 98 valence electrons. The highest BCUT2D eigenvalue weighted by Gasteiger charge is 2.14. The Bertz CT molecular complexity index is 454. The van der Waals surface area contributed by atoms with Gasteiger partial charge >= 0.3 is 5.97 Å². The van der Waals surface area contributed by atoms with Gasteiger partial charge in [-0.15, -0.1) is 0 Å². The zero-order valence-electron chi connectivity index (χ0n) is 10.7. The number of carboxylic acid groups (broad SMARTS) is 1. The first-order valence-electron chi connectivity index (χ1n) is 5.66. The second-order valence-corrected chi connectivity index (χ2v) is 4.21. The highest BCUT2D eigenvalue weighted by Crippen LogP contribution is 2.19. The predicted molar refractivity (Wildman–Crippen MR) is 67.9 cm³/mol. The van der Waals surface area contributed by atoms with E-state index in [0.29, 0.717) is 11.3 Å². The van der Waals surface area contributed by atoms with Crippen LogP contribution in [-0.2, 0) is 9.53 Å². The van der Waals surface area contributed by atoms with Gasteiger partial charge in [0.25, 0.3) is 0 Å². The minimum Gasteiger partial charge on any atom is -0.478 e. The fraction of sp³-hybridized carbons (Fsp3) is 0.385. The number of hydrogen-bond donors (Lipinski definition) is 2. The molecule has 0 aliphatic rings. The van der Waals surface area contributed by atoms with Gasteiger partial charge in [-0.25, -0.2) is 4.79 Å². The Hall–Kier alpha value is -1.88. The largest absolute Gasteiger partial charge is 0.478 e. The number of amides is 1. The number of nitrogens with one attached hydrogen (secondary N) is 1. The van der Waals surface area contributed by atoms with Crippen molar-refractivity contribution < 1.29 is 19.4 Å². The molecule has 0 fully saturated rings. The second kappa shape index (κ2) is 6.16. The smallest absolute Gasteiger partial charge is 0.338 e. The van der Waals surface area contributed by atoms with Crippen molar-refractivity contribution in [3.8, 4) is 0 Å². The Balaban J connectivity index is 2.81. The van der Waals surface area contributed by atoms with Crippen LogP contribution in [0.3, 0.4) is 0 Å². The van der Waals surface area contributed by atoms with Crippen LogP contribution in [0, 0.1) is 6.92 Å². The van der Waals surface area contributed by atoms with E-state index in [2.05, 4.69) is 5.32 Å². The predicted octanol–water partition coefficient (Wildman–Crippen LogP) is 2.06. The van der Waals surface area contributed by atoms with E-state index in [-0.39, 0.29) is 24.2 Å². The molecule has 0 unspecified atom stereocenters. The summed E-state index contributed by atoms with van der Waals surface area (Å²) in [5.41, 5.74) is 1.00. The van der Waals surface area contributed by atoms with Crippen LogP contribution in [0.1, 0.15) is 29.8 Å². The van der Waals surface area contributed by atoms with E-state index < -0.39 is 5.97 Å². The fourth-order valence-corrected chi connectivity index (χ4v) is 1.48. The molecule has 0 aliphatic heterocycles. The van der Waals surface area contributed by atoms with Crippen LogP contribution in [0.4, 0.5) is 5.69 Å². The molecule has 2 N–H and O–H groups in total. The van der Waals surface area contributed by atoms with Crippen molar-refractivity contribution in [2.75, 3.05) is 11.9 Å². The van der Waals surface area contributed by atoms with Gasteiger partial charge in [0.1, 0.15) is 6.61 Å². The molecule has 0 bridgehead atoms. The number of ether oxygens (including phenoxy) is 1. The highest BCUT2D eigenvalue weighted by atomic mass is 16.5. The topological polar surface area (TPSA) is 75.6 Å². The molecule has 0 spiro atoms. The Morgan fingerprint density at radius 1 is 1.39 bits per heavy atom. The van der Waals surface area contributed by atoms with Crippen LogP contribution in [0.5, 0.6) is 0 Å². The van der Waals surface area contributed by atoms with Crippen molar-refractivity contribution in [3.05, 3.63) is 29.3 Å². The number of benzene rings is 1. The third-order valence-corrected chi connectivity index (χ3v) is 2.31. The average molecular weight is 251 g/mol. The number of aromatic carboxylic acids is 1. The average Bonchev–Trinajstić information content (AvgIpc) is 2.26. The minimum atomic E-state index is -1.06. The minimum absolute atomic E-state index is 0.0489. The molecule has 1 aromatic rings. The van der Waals surface area contributed by atoms with Crippen molar-refractivity contribution in [1.82, 2.24) is 0 Å². The van der Waals surface area contributed by atoms with E-state index >= 15 is 0 Å². The first-order chi connectivity index (χ1) is 8.41. The molecule has 1 amide bonds. The van der Waals surface area contributed by atoms with Crippen molar-refractivity contribution in [2.45, 2.75) is 26.9 Å². The van der Waals surface area contributed by atoms with E-state index in [1.807, 2.05) is 13.8 Å². The Labute approximate surface area is 106 Å². The molecule has 18 heavy (non-hydrogen) atoms. The number of carboxylic acids is 1. The molecular weight excluding hydrogens is 234 g/mol. The van der Waals surface area contributed by atoms with Gasteiger partial charge in [-0.05, 0) is 32.4 Å². The van der Waals surface area contributed by atoms with Crippen molar-refractivity contribution >= 4 is 17.6 Å². The summed E-state index contributed by atoms with van der Waals surface area (Å²) >= 11 is 0. The SMILES string of the molecule is Cc1cccc(NC(=O)COC(C)C)c1C(=O)O. The Morgan fingerprint density at radius 3 is 2.61 bits per heavy atom. The van der Waals surface area contributed by atoms with E-state index in [0.717, 1.165) is 0 Å². The second-order valence-electron chi connectivity index (χ2n) is 4.21. The molecule has 0 saturated carbocycles. The lowest BCUT2D eigenvalue weighted by Gasteiger charge is -2.11. The molecule has 0 saturated heterocycles. The Morgan fingerprint density at radius 2 is 2.06 bits per heavy atom. The number of rotatable bonds is 5. The van der Waals surface area contributed by atoms with E-state index in [4.69, 9.17) is 9.84 Å². The van der Waals surface area contributed by atoms with Gasteiger partial charge in [0.05, 0.1) is 17.4 Å². The normalized spacial score (nSPS) is 10.4. The van der Waals surface area contributed by atoms with Crippen LogP contribution in [-0.4, -0.2) is 29.7 Å². The van der Waals surface area contributed by atoms with Gasteiger partial charge in [0.2, 0.25) is 5.91 Å². The molecule has 0 atom stereocenters. The van der Waals surface area contributed by atoms with Crippen LogP contribution >= 0.6 is 0 Å². The van der Waals surface area contributed by atoms with Crippen LogP contribution in [0.25, 0.3) is 0 Å². The summed E-state index contributed by atoms with van der Waals surface area (Å²) in [5.74, 6) is -1.43. The van der Waals surface area contributed by atoms with Crippen molar-refractivity contribution in [3.63, 3.8) is 0 Å². The third-order valence-electron chi connectivity index (χ3n) is 2.31. The summed E-state index contributed by atoms with van der Waals surface area (Å²) < 4.78 is 5.15. The van der Waals surface area contributed by atoms with Crippen molar-refractivity contribution in [1.29, 1.82) is 0 Å². The number of anilines is 1. The lowest BCUT2D eigenvalue weighted by molar-refractivity contribution is -0.121. The third kappa shape index (κ3) is 3.85. The van der Waals surface area contributed by atoms with Crippen LogP contribution in [0.15, 0.2) is 18.2 Å².